The Labute approximate surface area is 826 Å². The second-order valence-corrected chi connectivity index (χ2v) is 37.6. The van der Waals surface area contributed by atoms with Crippen molar-refractivity contribution < 1.29 is 152 Å². The Bertz CT molecular complexity index is 3870. The third kappa shape index (κ3) is 87.4. The van der Waals surface area contributed by atoms with Crippen LogP contribution < -0.4 is 41.9 Å². The Morgan fingerprint density at radius 3 is 1.19 bits per heavy atom. The van der Waals surface area contributed by atoms with Crippen LogP contribution in [0.4, 0.5) is 0 Å². The van der Waals surface area contributed by atoms with Crippen LogP contribution in [0.25, 0.3) is 0 Å². The van der Waals surface area contributed by atoms with Gasteiger partial charge in [0.1, 0.15) is 48.9 Å². The molecule has 44 nitrogen and oxygen atoms in total. The zero-order valence-electron chi connectivity index (χ0n) is 83.7. The number of aliphatic carboxylic acids is 6. The molecule has 0 aliphatic rings. The lowest BCUT2D eigenvalue weighted by atomic mass is 9.94. The molecule has 0 spiro atoms. The SMILES string of the molecule is CCC(=O)CCCOCCOCC(=O)NC(CCCCNC(=O)CC)C(=O)O.CCC(NC(=O)CCC(CC(=O)C(CS(=O)(=O)O)NC(=O)CCCCCCCCCCCCCCCCC(=O)O)C(=O)O)C(=O)O.CCC(NC(=O)CCC(CC(=O)COCCOCCNC(=O)CCCS(=O)(=O)NC(=O)CCCCCCCCCCCCCCCc1nn[nH]n1)C(=O)O)C(=O)O.CCCCNC(=O)CC. The largest absolute Gasteiger partial charge is 0.481 e. The third-order valence-electron chi connectivity index (χ3n) is 21.9. The molecule has 140 heavy (non-hydrogen) atoms. The lowest BCUT2D eigenvalue weighted by Gasteiger charge is -2.19. The number of hydrogen-bond donors (Lipinski definition) is 16. The smallest absolute Gasteiger partial charge is 0.326 e. The summed E-state index contributed by atoms with van der Waals surface area (Å²) in [5.74, 6) is -14.6. The Morgan fingerprint density at radius 2 is 0.750 bits per heavy atom. The first-order chi connectivity index (χ1) is 66.7. The molecule has 0 saturated heterocycles. The maximum absolute atomic E-state index is 12.8. The number of carbonyl (C=O) groups is 17. The van der Waals surface area contributed by atoms with Gasteiger partial charge in [-0.05, 0) is 89.9 Å². The number of hydrogen-bond acceptors (Lipinski definition) is 28. The highest BCUT2D eigenvalue weighted by molar-refractivity contribution is 7.90. The van der Waals surface area contributed by atoms with Crippen LogP contribution in [0.15, 0.2) is 0 Å². The van der Waals surface area contributed by atoms with Gasteiger partial charge in [-0.1, -0.05) is 201 Å². The summed E-state index contributed by atoms with van der Waals surface area (Å²) in [6, 6.07) is -4.85. The molecule has 0 saturated carbocycles. The van der Waals surface area contributed by atoms with E-state index in [9.17, 15) is 118 Å². The van der Waals surface area contributed by atoms with Gasteiger partial charge < -0.3 is 86.8 Å². The van der Waals surface area contributed by atoms with Crippen LogP contribution in [0.1, 0.15) is 368 Å². The molecule has 0 bridgehead atoms. The van der Waals surface area contributed by atoms with Gasteiger partial charge in [-0.3, -0.25) is 76.4 Å². The fraction of sp³-hybridized carbons (Fsp3) is 0.809. The number of aryl methyl sites for hydroxylation is 1. The van der Waals surface area contributed by atoms with Crippen molar-refractivity contribution in [3.05, 3.63) is 5.82 Å². The molecule has 1 rings (SSSR count). The average molecular weight is 2040 g/mol. The summed E-state index contributed by atoms with van der Waals surface area (Å²) in [7, 11) is -8.53. The van der Waals surface area contributed by atoms with Crippen LogP contribution in [0.2, 0.25) is 0 Å². The number of nitrogens with zero attached hydrogens (tertiary/aromatic N) is 3. The summed E-state index contributed by atoms with van der Waals surface area (Å²) in [5, 5.41) is 86.1. The number of nitrogens with one attached hydrogen (secondary N) is 9. The Hall–Kier alpha value is -9.64. The van der Waals surface area contributed by atoms with E-state index in [0.717, 1.165) is 128 Å². The van der Waals surface area contributed by atoms with E-state index in [4.69, 9.17) is 34.3 Å². The predicted octanol–water partition coefficient (Wildman–Crippen LogP) is 9.46. The minimum atomic E-state index is -4.69. The van der Waals surface area contributed by atoms with Crippen LogP contribution >= 0.6 is 0 Å². The number of Topliss-reactive ketones (excluding diaryl/α,β-unsaturated/α-hetero) is 3. The van der Waals surface area contributed by atoms with E-state index >= 15 is 0 Å². The standard InChI is InChI=1S/C37H65N7O12S.C31H54N2O12S.C19H34N2O7.C7H15NO/c1-2-31(37(51)52)39-34(47)21-20-29(36(49)50)27-30(45)28-56-25-24-55-23-22-38-33(46)19-16-26-57(53,54)42-35(48)18-15-13-11-9-7-5-3-4-6-8-10-12-14-17-32-40-43-44-41-32;1-2-24(31(41)42)32-28(36)20-19-23(30(39)40)21-26(34)25(22-46(43,44)45)33-27(35)17-15-13-11-9-7-5-3-4-6-8-10-12-14-16-18-29(37)38;1-3-15(22)8-7-11-27-12-13-28-14-18(24)21-16(19(25)26)9-5-6-10-20-17(23)4-2;1-3-5-6-8-7(9)4-2/h29,31H,2-28H2,1H3,(H,38,46)(H,39,47)(H,42,48)(H,49,50)(H,51,52)(H,40,41,43,44);23-25H,2-22H2,1H3,(H,32,36)(H,33,35)(H,37,38)(H,39,40)(H,41,42)(H,43,44,45);16H,3-14H2,1-2H3,(H,20,23)(H,21,24)(H,25,26);3-6H2,1-2H3,(H,8,9). The number of sulfonamides is 1. The van der Waals surface area contributed by atoms with Crippen molar-refractivity contribution in [3.63, 3.8) is 0 Å². The van der Waals surface area contributed by atoms with Gasteiger partial charge in [-0.2, -0.15) is 13.6 Å². The molecule has 6 atom stereocenters. The van der Waals surface area contributed by atoms with Crippen molar-refractivity contribution in [1.82, 2.24) is 62.6 Å². The van der Waals surface area contributed by atoms with Crippen LogP contribution in [0.3, 0.4) is 0 Å². The number of H-pyrrole nitrogens is 1. The van der Waals surface area contributed by atoms with E-state index in [1.165, 1.54) is 64.2 Å². The fourth-order valence-electron chi connectivity index (χ4n) is 13.6. The molecule has 0 radical (unpaired) electrons. The van der Waals surface area contributed by atoms with E-state index in [0.29, 0.717) is 77.5 Å². The molecule has 1 heterocycles. The second-order valence-electron chi connectivity index (χ2n) is 34.3. The Balaban J connectivity index is -0.00000201. The maximum atomic E-state index is 12.8. The third-order valence-corrected chi connectivity index (χ3v) is 24.0. The molecule has 16 N–H and O–H groups in total. The molecule has 46 heteroatoms. The number of amides is 8. The summed E-state index contributed by atoms with van der Waals surface area (Å²) < 4.78 is 79.9. The van der Waals surface area contributed by atoms with Crippen molar-refractivity contribution in [2.45, 2.75) is 393 Å². The number of rotatable bonds is 90. The highest BCUT2D eigenvalue weighted by atomic mass is 32.2. The molecule has 1 aromatic heterocycles. The zero-order valence-corrected chi connectivity index (χ0v) is 85.3. The number of aromatic amines is 1. The van der Waals surface area contributed by atoms with Crippen molar-refractivity contribution in [2.24, 2.45) is 11.8 Å². The van der Waals surface area contributed by atoms with Gasteiger partial charge in [0, 0.05) is 110 Å². The average Bonchev–Trinajstić information content (AvgIpc) is 1.00. The Morgan fingerprint density at radius 1 is 0.343 bits per heavy atom. The van der Waals surface area contributed by atoms with Gasteiger partial charge in [0.15, 0.2) is 17.4 Å². The van der Waals surface area contributed by atoms with Crippen LogP contribution in [0.5, 0.6) is 0 Å². The lowest BCUT2D eigenvalue weighted by molar-refractivity contribution is -0.145. The van der Waals surface area contributed by atoms with E-state index in [-0.39, 0.29) is 159 Å². The number of tetrazole rings is 1. The lowest BCUT2D eigenvalue weighted by Crippen LogP contribution is -2.46. The number of carbonyl (C=O) groups excluding carboxylic acids is 11. The van der Waals surface area contributed by atoms with Gasteiger partial charge in [-0.15, -0.1) is 10.2 Å². The van der Waals surface area contributed by atoms with Gasteiger partial charge in [0.2, 0.25) is 57.3 Å². The summed E-state index contributed by atoms with van der Waals surface area (Å²) >= 11 is 0. The normalized spacial score (nSPS) is 12.4. The van der Waals surface area contributed by atoms with E-state index in [1.54, 1.807) is 20.8 Å². The molecular weight excluding hydrogens is 1870 g/mol. The molecule has 6 unspecified atom stereocenters. The van der Waals surface area contributed by atoms with Gasteiger partial charge in [0.05, 0.1) is 50.6 Å². The van der Waals surface area contributed by atoms with E-state index in [2.05, 4.69) is 69.5 Å². The van der Waals surface area contributed by atoms with E-state index < -0.39 is 145 Å². The van der Waals surface area contributed by atoms with Crippen LogP contribution in [-0.4, -0.2) is 281 Å². The van der Waals surface area contributed by atoms with E-state index in [1.807, 2.05) is 13.8 Å². The zero-order chi connectivity index (χ0) is 105. The number of aromatic nitrogens is 4. The maximum Gasteiger partial charge on any atom is 0.326 e. The molecule has 0 aliphatic heterocycles. The molecule has 0 aliphatic carbocycles. The van der Waals surface area contributed by atoms with Gasteiger partial charge in [0.25, 0.3) is 10.1 Å². The first kappa shape index (κ1) is 134. The van der Waals surface area contributed by atoms with Crippen LogP contribution in [0, 0.1) is 11.8 Å². The first-order valence-electron chi connectivity index (χ1n) is 50.1. The van der Waals surface area contributed by atoms with Crippen LogP contribution in [-0.2, 0) is 127 Å². The van der Waals surface area contributed by atoms with Crippen molar-refractivity contribution >= 4 is 121 Å². The number of ether oxygens (including phenoxy) is 4. The first-order valence-corrected chi connectivity index (χ1v) is 53.4. The second kappa shape index (κ2) is 89.5. The number of unbranched alkanes of at least 4 members (excludes halogenated alkanes) is 27. The summed E-state index contributed by atoms with van der Waals surface area (Å²) in [5.41, 5.74) is 0. The monoisotopic (exact) mass is 2040 g/mol. The van der Waals surface area contributed by atoms with Crippen molar-refractivity contribution in [1.29, 1.82) is 0 Å². The topological polar surface area (TPSA) is 688 Å². The number of carboxylic acids is 6. The molecular formula is C94H168N12O32S2. The quantitative estimate of drug-likeness (QED) is 0.0213. The Kier molecular flexibility index (Phi) is 85.9. The summed E-state index contributed by atoms with van der Waals surface area (Å²) in [4.78, 5) is 197. The molecule has 808 valence electrons. The number of ketones is 3. The van der Waals surface area contributed by atoms with Gasteiger partial charge >= 0.3 is 35.8 Å². The minimum Gasteiger partial charge on any atom is -0.481 e. The minimum absolute atomic E-state index is 0.0241. The van der Waals surface area contributed by atoms with Crippen molar-refractivity contribution in [2.75, 3.05) is 84.0 Å². The predicted molar refractivity (Wildman–Crippen MR) is 519 cm³/mol. The highest BCUT2D eigenvalue weighted by Crippen LogP contribution is 2.20. The number of carboxylic acid groups (broad SMARTS) is 6. The fourth-order valence-corrected chi connectivity index (χ4v) is 15.3. The summed E-state index contributed by atoms with van der Waals surface area (Å²) in [6.07, 6.45) is 34.3. The molecule has 8 amide bonds. The molecule has 0 fully saturated rings. The highest BCUT2D eigenvalue weighted by Gasteiger charge is 2.32. The van der Waals surface area contributed by atoms with Gasteiger partial charge in [-0.25, -0.2) is 22.8 Å². The van der Waals surface area contributed by atoms with Crippen molar-refractivity contribution in [3.8, 4) is 0 Å². The molecule has 0 aromatic carbocycles. The summed E-state index contributed by atoms with van der Waals surface area (Å²) in [6.45, 7) is 12.8. The molecule has 1 aromatic rings.